The zero-order valence-corrected chi connectivity index (χ0v) is 8.66. The van der Waals surface area contributed by atoms with Crippen LogP contribution in [0.1, 0.15) is 13.8 Å². The number of carboxylic acids is 1. The highest BCUT2D eigenvalue weighted by molar-refractivity contribution is 5.82. The molecule has 0 bridgehead atoms. The Morgan fingerprint density at radius 1 is 1.27 bits per heavy atom. The molecule has 0 unspecified atom stereocenters. The molecule has 0 aliphatic heterocycles. The number of hydrogen-bond donors (Lipinski definition) is 4. The number of hydrogen-bond acceptors (Lipinski definition) is 3. The van der Waals surface area contributed by atoms with Crippen molar-refractivity contribution in [2.45, 2.75) is 13.8 Å². The van der Waals surface area contributed by atoms with Crippen molar-refractivity contribution in [2.24, 2.45) is 11.1 Å². The highest BCUT2D eigenvalue weighted by Gasteiger charge is 2.25. The van der Waals surface area contributed by atoms with Crippen molar-refractivity contribution in [3.63, 3.8) is 0 Å². The van der Waals surface area contributed by atoms with E-state index in [1.165, 1.54) is 0 Å². The maximum Gasteiger partial charge on any atom is 0.323 e. The van der Waals surface area contributed by atoms with Gasteiger partial charge in [-0.2, -0.15) is 0 Å². The predicted octanol–water partition coefficient (Wildman–Crippen LogP) is -1.12. The summed E-state index contributed by atoms with van der Waals surface area (Å²) in [7, 11) is 0. The van der Waals surface area contributed by atoms with E-state index >= 15 is 0 Å². The summed E-state index contributed by atoms with van der Waals surface area (Å²) in [6.07, 6.45) is 0. The van der Waals surface area contributed by atoms with Crippen LogP contribution in [0.15, 0.2) is 0 Å². The highest BCUT2D eigenvalue weighted by Crippen LogP contribution is 2.11. The molecule has 7 nitrogen and oxygen atoms in total. The van der Waals surface area contributed by atoms with Gasteiger partial charge in [0.2, 0.25) is 5.91 Å². The van der Waals surface area contributed by atoms with Crippen LogP contribution < -0.4 is 16.4 Å². The number of amides is 3. The fourth-order valence-corrected chi connectivity index (χ4v) is 0.607. The Morgan fingerprint density at radius 3 is 2.20 bits per heavy atom. The quantitative estimate of drug-likeness (QED) is 0.466. The molecule has 7 heteroatoms. The molecule has 0 spiro atoms. The van der Waals surface area contributed by atoms with Gasteiger partial charge in [0, 0.05) is 6.54 Å². The Hall–Kier alpha value is -1.79. The van der Waals surface area contributed by atoms with Crippen LogP contribution in [0.25, 0.3) is 0 Å². The van der Waals surface area contributed by atoms with Crippen LogP contribution in [0.2, 0.25) is 0 Å². The topological polar surface area (TPSA) is 122 Å². The van der Waals surface area contributed by atoms with Crippen LogP contribution >= 0.6 is 0 Å². The summed E-state index contributed by atoms with van der Waals surface area (Å²) < 4.78 is 0. The number of nitrogens with two attached hydrogens (primary N) is 1. The summed E-state index contributed by atoms with van der Waals surface area (Å²) in [5.41, 5.74) is 4.21. The molecular formula is C8H15N3O4. The molecule has 0 aromatic heterocycles. The molecule has 0 rings (SSSR count). The minimum Gasteiger partial charge on any atom is -0.480 e. The Morgan fingerprint density at radius 2 is 1.80 bits per heavy atom. The third kappa shape index (κ3) is 5.50. The van der Waals surface area contributed by atoms with E-state index in [4.69, 9.17) is 10.8 Å². The maximum atomic E-state index is 11.0. The number of urea groups is 1. The molecule has 0 saturated carbocycles. The molecule has 0 fully saturated rings. The summed E-state index contributed by atoms with van der Waals surface area (Å²) in [6, 6.07) is -0.647. The summed E-state index contributed by atoms with van der Waals surface area (Å²) in [5, 5.41) is 12.7. The minimum absolute atomic E-state index is 0.0494. The number of carbonyl (C=O) groups is 3. The van der Waals surface area contributed by atoms with E-state index in [1.54, 1.807) is 13.8 Å². The van der Waals surface area contributed by atoms with E-state index in [0.717, 1.165) is 0 Å². The lowest BCUT2D eigenvalue weighted by atomic mass is 9.93. The monoisotopic (exact) mass is 217 g/mol. The molecule has 0 radical (unpaired) electrons. The molecule has 0 saturated heterocycles. The zero-order chi connectivity index (χ0) is 12.1. The molecule has 0 aliphatic carbocycles. The van der Waals surface area contributed by atoms with Gasteiger partial charge in [-0.25, -0.2) is 4.79 Å². The Kier molecular flexibility index (Phi) is 4.56. The smallest absolute Gasteiger partial charge is 0.323 e. The zero-order valence-electron chi connectivity index (χ0n) is 8.66. The molecule has 0 heterocycles. The maximum absolute atomic E-state index is 11.0. The molecule has 3 amide bonds. The number of aliphatic carboxylic acids is 1. The largest absolute Gasteiger partial charge is 0.480 e. The van der Waals surface area contributed by atoms with E-state index in [-0.39, 0.29) is 6.54 Å². The van der Waals surface area contributed by atoms with Gasteiger partial charge in [0.25, 0.3) is 0 Å². The molecule has 0 aromatic carbocycles. The SMILES string of the molecule is CC(C)(CNC(=O)NCC(=O)O)C(N)=O. The molecule has 5 N–H and O–H groups in total. The molecule has 15 heavy (non-hydrogen) atoms. The van der Waals surface area contributed by atoms with E-state index in [0.29, 0.717) is 0 Å². The van der Waals surface area contributed by atoms with Gasteiger partial charge in [-0.1, -0.05) is 0 Å². The number of nitrogens with one attached hydrogen (secondary N) is 2. The van der Waals surface area contributed by atoms with Gasteiger partial charge >= 0.3 is 12.0 Å². The fourth-order valence-electron chi connectivity index (χ4n) is 0.607. The predicted molar refractivity (Wildman–Crippen MR) is 52.0 cm³/mol. The average molecular weight is 217 g/mol. The second-order valence-electron chi connectivity index (χ2n) is 3.68. The Balaban J connectivity index is 3.90. The van der Waals surface area contributed by atoms with Crippen LogP contribution in [0.3, 0.4) is 0 Å². The minimum atomic E-state index is -1.14. The van der Waals surface area contributed by atoms with Gasteiger partial charge in [0.05, 0.1) is 5.41 Å². The van der Waals surface area contributed by atoms with Crippen molar-refractivity contribution in [3.05, 3.63) is 0 Å². The Labute approximate surface area is 87.0 Å². The van der Waals surface area contributed by atoms with Crippen molar-refractivity contribution in [1.29, 1.82) is 0 Å². The molecular weight excluding hydrogens is 202 g/mol. The first-order chi connectivity index (χ1) is 6.75. The first-order valence-electron chi connectivity index (χ1n) is 4.29. The molecule has 0 atom stereocenters. The summed E-state index contributed by atoms with van der Waals surface area (Å²) in [4.78, 5) is 31.9. The number of primary amides is 1. The van der Waals surface area contributed by atoms with Crippen molar-refractivity contribution in [1.82, 2.24) is 10.6 Å². The van der Waals surface area contributed by atoms with Crippen LogP contribution in [0, 0.1) is 5.41 Å². The van der Waals surface area contributed by atoms with Gasteiger partial charge in [-0.15, -0.1) is 0 Å². The normalized spacial score (nSPS) is 10.5. The summed E-state index contributed by atoms with van der Waals surface area (Å²) in [6.45, 7) is 2.73. The molecule has 0 aromatic rings. The van der Waals surface area contributed by atoms with E-state index in [9.17, 15) is 14.4 Å². The lowest BCUT2D eigenvalue weighted by Gasteiger charge is -2.20. The third-order valence-corrected chi connectivity index (χ3v) is 1.76. The van der Waals surface area contributed by atoms with Crippen molar-refractivity contribution >= 4 is 17.9 Å². The van der Waals surface area contributed by atoms with Gasteiger partial charge in [-0.05, 0) is 13.8 Å². The van der Waals surface area contributed by atoms with E-state index in [2.05, 4.69) is 10.6 Å². The lowest BCUT2D eigenvalue weighted by Crippen LogP contribution is -2.46. The number of carbonyl (C=O) groups excluding carboxylic acids is 2. The number of carboxylic acid groups (broad SMARTS) is 1. The van der Waals surface area contributed by atoms with Crippen LogP contribution in [-0.4, -0.2) is 36.1 Å². The van der Waals surface area contributed by atoms with E-state index in [1.807, 2.05) is 0 Å². The van der Waals surface area contributed by atoms with Gasteiger partial charge in [0.1, 0.15) is 6.54 Å². The summed E-state index contributed by atoms with van der Waals surface area (Å²) >= 11 is 0. The first kappa shape index (κ1) is 13.2. The van der Waals surface area contributed by atoms with Crippen molar-refractivity contribution in [2.75, 3.05) is 13.1 Å². The standard InChI is InChI=1S/C8H15N3O4/c1-8(2,6(9)14)4-11-7(15)10-3-5(12)13/h3-4H2,1-2H3,(H2,9,14)(H,12,13)(H2,10,11,15). The van der Waals surface area contributed by atoms with Crippen LogP contribution in [-0.2, 0) is 9.59 Å². The molecule has 86 valence electrons. The molecule has 0 aliphatic rings. The number of rotatable bonds is 5. The van der Waals surface area contributed by atoms with Gasteiger partial charge in [0.15, 0.2) is 0 Å². The third-order valence-electron chi connectivity index (χ3n) is 1.76. The second kappa shape index (κ2) is 5.18. The summed E-state index contributed by atoms with van der Waals surface area (Å²) in [5.74, 6) is -1.68. The fraction of sp³-hybridized carbons (Fsp3) is 0.625. The average Bonchev–Trinajstić information content (AvgIpc) is 2.11. The van der Waals surface area contributed by atoms with Crippen LogP contribution in [0.5, 0.6) is 0 Å². The first-order valence-corrected chi connectivity index (χ1v) is 4.29. The van der Waals surface area contributed by atoms with Gasteiger partial charge < -0.3 is 21.5 Å². The van der Waals surface area contributed by atoms with Gasteiger partial charge in [-0.3, -0.25) is 9.59 Å². The van der Waals surface area contributed by atoms with Crippen LogP contribution in [0.4, 0.5) is 4.79 Å². The van der Waals surface area contributed by atoms with Crippen molar-refractivity contribution in [3.8, 4) is 0 Å². The Bertz CT molecular complexity index is 275. The van der Waals surface area contributed by atoms with Crippen molar-refractivity contribution < 1.29 is 19.5 Å². The second-order valence-corrected chi connectivity index (χ2v) is 3.68. The van der Waals surface area contributed by atoms with E-state index < -0.39 is 29.9 Å². The lowest BCUT2D eigenvalue weighted by molar-refractivity contribution is -0.135. The highest BCUT2D eigenvalue weighted by atomic mass is 16.4.